The number of hydrogen-bond donors (Lipinski definition) is 0. The van der Waals surface area contributed by atoms with Gasteiger partial charge in [0.2, 0.25) is 0 Å². The van der Waals surface area contributed by atoms with Gasteiger partial charge in [-0.3, -0.25) is 0 Å². The molecule has 0 aliphatic rings. The van der Waals surface area contributed by atoms with Crippen LogP contribution in [0.15, 0.2) is 199 Å². The van der Waals surface area contributed by atoms with Crippen LogP contribution in [0.25, 0.3) is 120 Å². The van der Waals surface area contributed by atoms with Gasteiger partial charge in [-0.1, -0.05) is 152 Å². The molecule has 58 heavy (non-hydrogen) atoms. The Morgan fingerprint density at radius 2 is 0.966 bits per heavy atom. The number of hydrogen-bond acceptors (Lipinski definition) is 4. The van der Waals surface area contributed by atoms with Gasteiger partial charge in [0.15, 0.2) is 5.82 Å². The Morgan fingerprint density at radius 1 is 0.397 bits per heavy atom. The van der Waals surface area contributed by atoms with E-state index in [-0.39, 0.29) is 0 Å². The number of aromatic nitrogens is 2. The van der Waals surface area contributed by atoms with Gasteiger partial charge in [0, 0.05) is 37.5 Å². The molecule has 0 fully saturated rings. The van der Waals surface area contributed by atoms with Crippen molar-refractivity contribution in [2.45, 2.75) is 0 Å². The van der Waals surface area contributed by atoms with Gasteiger partial charge in [-0.2, -0.15) is 0 Å². The van der Waals surface area contributed by atoms with E-state index in [0.717, 1.165) is 65.5 Å². The molecular formula is C54H32N2OS. The van der Waals surface area contributed by atoms with Crippen LogP contribution in [0.4, 0.5) is 0 Å². The maximum atomic E-state index is 6.76. The Labute approximate surface area is 338 Å². The van der Waals surface area contributed by atoms with E-state index in [1.165, 1.54) is 48.5 Å². The highest BCUT2D eigenvalue weighted by Gasteiger charge is 2.22. The molecule has 3 nitrogen and oxygen atoms in total. The number of fused-ring (bicyclic) bond motifs is 8. The first kappa shape index (κ1) is 32.8. The van der Waals surface area contributed by atoms with Gasteiger partial charge in [0.05, 0.1) is 15.9 Å². The minimum atomic E-state index is 0.681. The lowest BCUT2D eigenvalue weighted by atomic mass is 9.95. The van der Waals surface area contributed by atoms with Crippen LogP contribution in [0.1, 0.15) is 0 Å². The second-order valence-electron chi connectivity index (χ2n) is 14.9. The van der Waals surface area contributed by atoms with Gasteiger partial charge in [0.25, 0.3) is 0 Å². The van der Waals surface area contributed by atoms with E-state index < -0.39 is 0 Å². The maximum absolute atomic E-state index is 6.76. The fourth-order valence-corrected chi connectivity index (χ4v) is 9.72. The van der Waals surface area contributed by atoms with E-state index in [2.05, 4.69) is 182 Å². The Bertz CT molecular complexity index is 3560. The second-order valence-corrected chi connectivity index (χ2v) is 16.0. The van der Waals surface area contributed by atoms with E-state index in [0.29, 0.717) is 5.82 Å². The predicted molar refractivity (Wildman–Crippen MR) is 244 cm³/mol. The Morgan fingerprint density at radius 3 is 1.78 bits per heavy atom. The first-order valence-electron chi connectivity index (χ1n) is 19.5. The number of furan rings is 1. The van der Waals surface area contributed by atoms with Gasteiger partial charge >= 0.3 is 0 Å². The molecular weight excluding hydrogens is 725 g/mol. The average Bonchev–Trinajstić information content (AvgIpc) is 3.87. The number of nitrogens with zero attached hydrogens (tertiary/aromatic N) is 2. The highest BCUT2D eigenvalue weighted by atomic mass is 32.1. The standard InChI is InChI=1S/C54H32N2OS/c1-2-10-33(11-3-1)38-24-25-41-32-42(27-26-40(41)31-38)50-53-51(45-15-7-9-17-48(45)58-53)56-54(55-50)46-29-28-43(52-49(46)44-14-6-8-16-47(44)57-52)36-21-18-35(19-22-36)39-23-20-34-12-4-5-13-37(34)30-39/h1-32H. The van der Waals surface area contributed by atoms with Crippen molar-refractivity contribution in [3.63, 3.8) is 0 Å². The Hall–Kier alpha value is -7.40. The molecule has 0 atom stereocenters. The highest BCUT2D eigenvalue weighted by molar-refractivity contribution is 7.26. The summed E-state index contributed by atoms with van der Waals surface area (Å²) in [4.78, 5) is 10.9. The van der Waals surface area contributed by atoms with Crippen LogP contribution >= 0.6 is 11.3 Å². The summed E-state index contributed by atoms with van der Waals surface area (Å²) in [7, 11) is 0. The molecule has 0 spiro atoms. The van der Waals surface area contributed by atoms with E-state index in [9.17, 15) is 0 Å². The van der Waals surface area contributed by atoms with E-state index in [1.54, 1.807) is 11.3 Å². The van der Waals surface area contributed by atoms with E-state index in [1.807, 2.05) is 12.1 Å². The van der Waals surface area contributed by atoms with Crippen LogP contribution in [0, 0.1) is 0 Å². The summed E-state index contributed by atoms with van der Waals surface area (Å²) in [5.41, 5.74) is 12.5. The molecule has 270 valence electrons. The first-order chi connectivity index (χ1) is 28.7. The zero-order chi connectivity index (χ0) is 38.2. The van der Waals surface area contributed by atoms with Crippen LogP contribution in [-0.4, -0.2) is 9.97 Å². The lowest BCUT2D eigenvalue weighted by Gasteiger charge is -2.11. The third-order valence-corrected chi connectivity index (χ3v) is 12.7. The molecule has 0 radical (unpaired) electrons. The fraction of sp³-hybridized carbons (Fsp3) is 0. The number of thiophene rings is 1. The normalized spacial score (nSPS) is 11.8. The zero-order valence-electron chi connectivity index (χ0n) is 31.2. The molecule has 0 saturated carbocycles. The molecule has 0 bridgehead atoms. The average molecular weight is 757 g/mol. The SMILES string of the molecule is c1ccc(-c2ccc3cc(-c4nc(-c5ccc(-c6ccc(-c7ccc8ccccc8c7)cc6)c6oc7ccccc7c56)nc5c4sc4ccccc45)ccc3c2)cc1. The molecule has 0 aliphatic carbocycles. The molecule has 3 heterocycles. The van der Waals surface area contributed by atoms with Gasteiger partial charge in [-0.25, -0.2) is 9.97 Å². The van der Waals surface area contributed by atoms with Crippen LogP contribution < -0.4 is 0 Å². The molecule has 0 saturated heterocycles. The largest absolute Gasteiger partial charge is 0.455 e. The molecule has 12 rings (SSSR count). The van der Waals surface area contributed by atoms with Crippen molar-refractivity contribution in [2.75, 3.05) is 0 Å². The summed E-state index contributed by atoms with van der Waals surface area (Å²) in [6.45, 7) is 0. The van der Waals surface area contributed by atoms with Gasteiger partial charge in [0.1, 0.15) is 11.2 Å². The second kappa shape index (κ2) is 13.1. The lowest BCUT2D eigenvalue weighted by molar-refractivity contribution is 0.670. The number of para-hydroxylation sites is 1. The number of benzene rings is 9. The van der Waals surface area contributed by atoms with E-state index in [4.69, 9.17) is 14.4 Å². The summed E-state index contributed by atoms with van der Waals surface area (Å²) >= 11 is 1.76. The van der Waals surface area contributed by atoms with Crippen molar-refractivity contribution in [1.82, 2.24) is 9.97 Å². The molecule has 12 aromatic rings. The van der Waals surface area contributed by atoms with Crippen molar-refractivity contribution in [1.29, 1.82) is 0 Å². The third kappa shape index (κ3) is 5.34. The first-order valence-corrected chi connectivity index (χ1v) is 20.4. The van der Waals surface area contributed by atoms with Gasteiger partial charge in [-0.05, 0) is 91.8 Å². The lowest BCUT2D eigenvalue weighted by Crippen LogP contribution is -1.95. The van der Waals surface area contributed by atoms with Crippen molar-refractivity contribution in [3.05, 3.63) is 194 Å². The van der Waals surface area contributed by atoms with Crippen LogP contribution in [-0.2, 0) is 0 Å². The molecule has 9 aromatic carbocycles. The molecule has 0 unspecified atom stereocenters. The number of rotatable bonds is 5. The summed E-state index contributed by atoms with van der Waals surface area (Å²) in [5.74, 6) is 0.681. The minimum Gasteiger partial charge on any atom is -0.455 e. The minimum absolute atomic E-state index is 0.681. The highest BCUT2D eigenvalue weighted by Crippen LogP contribution is 2.44. The fourth-order valence-electron chi connectivity index (χ4n) is 8.56. The molecule has 0 amide bonds. The molecule has 4 heteroatoms. The van der Waals surface area contributed by atoms with Gasteiger partial charge in [-0.15, -0.1) is 11.3 Å². The summed E-state index contributed by atoms with van der Waals surface area (Å²) in [5, 5.41) is 8.04. The summed E-state index contributed by atoms with van der Waals surface area (Å²) in [6, 6.07) is 69.1. The molecule has 0 aliphatic heterocycles. The molecule has 3 aromatic heterocycles. The molecule has 0 N–H and O–H groups in total. The third-order valence-electron chi connectivity index (χ3n) is 11.5. The smallest absolute Gasteiger partial charge is 0.161 e. The van der Waals surface area contributed by atoms with E-state index >= 15 is 0 Å². The summed E-state index contributed by atoms with van der Waals surface area (Å²) < 4.78 is 9.04. The zero-order valence-corrected chi connectivity index (χ0v) is 32.0. The Kier molecular flexibility index (Phi) is 7.40. The summed E-state index contributed by atoms with van der Waals surface area (Å²) in [6.07, 6.45) is 0. The monoisotopic (exact) mass is 756 g/mol. The Balaban J connectivity index is 1.02. The predicted octanol–water partition coefficient (Wildman–Crippen LogP) is 15.4. The quantitative estimate of drug-likeness (QED) is 0.176. The van der Waals surface area contributed by atoms with Crippen LogP contribution in [0.3, 0.4) is 0 Å². The van der Waals surface area contributed by atoms with Crippen LogP contribution in [0.5, 0.6) is 0 Å². The van der Waals surface area contributed by atoms with Gasteiger partial charge < -0.3 is 4.42 Å². The van der Waals surface area contributed by atoms with Crippen molar-refractivity contribution in [3.8, 4) is 56.0 Å². The topological polar surface area (TPSA) is 38.9 Å². The maximum Gasteiger partial charge on any atom is 0.161 e. The van der Waals surface area contributed by atoms with Crippen molar-refractivity contribution >= 4 is 75.1 Å². The van der Waals surface area contributed by atoms with Crippen LogP contribution in [0.2, 0.25) is 0 Å². The van der Waals surface area contributed by atoms with Crippen molar-refractivity contribution < 1.29 is 4.42 Å². The van der Waals surface area contributed by atoms with Crippen molar-refractivity contribution in [2.24, 2.45) is 0 Å².